The minimum atomic E-state index is -0.447. The van der Waals surface area contributed by atoms with Gasteiger partial charge in [-0.3, -0.25) is 4.79 Å². The fourth-order valence-corrected chi connectivity index (χ4v) is 3.37. The van der Waals surface area contributed by atoms with Gasteiger partial charge in [-0.15, -0.1) is 0 Å². The molecule has 2 fully saturated rings. The van der Waals surface area contributed by atoms with Gasteiger partial charge in [-0.25, -0.2) is 0 Å². The van der Waals surface area contributed by atoms with Crippen LogP contribution in [0.5, 0.6) is 0 Å². The molecule has 1 aromatic rings. The van der Waals surface area contributed by atoms with Crippen LogP contribution in [0.1, 0.15) is 24.8 Å². The number of carbonyl (C=O) groups excluding carboxylic acids is 1. The number of nitrogens with two attached hydrogens (primary N) is 1. The highest BCUT2D eigenvalue weighted by Crippen LogP contribution is 2.30. The van der Waals surface area contributed by atoms with Crippen molar-refractivity contribution in [3.8, 4) is 0 Å². The number of morpholine rings is 1. The van der Waals surface area contributed by atoms with E-state index in [1.54, 1.807) is 0 Å². The average molecular weight is 274 g/mol. The number of carbonyl (C=O) groups is 1. The molecule has 1 aromatic carbocycles. The molecule has 1 saturated carbocycles. The number of nitrogens with zero attached hydrogens (tertiary/aromatic N) is 1. The summed E-state index contributed by atoms with van der Waals surface area (Å²) in [4.78, 5) is 14.6. The lowest BCUT2D eigenvalue weighted by atomic mass is 10.0. The molecule has 108 valence electrons. The second-order valence-corrected chi connectivity index (χ2v) is 5.74. The largest absolute Gasteiger partial charge is 0.374 e. The topological polar surface area (TPSA) is 55.6 Å². The molecule has 4 heteroatoms. The van der Waals surface area contributed by atoms with Crippen molar-refractivity contribution in [2.24, 2.45) is 5.73 Å². The summed E-state index contributed by atoms with van der Waals surface area (Å²) in [5.41, 5.74) is 7.25. The van der Waals surface area contributed by atoms with E-state index in [-0.39, 0.29) is 18.1 Å². The Morgan fingerprint density at radius 1 is 1.35 bits per heavy atom. The van der Waals surface area contributed by atoms with E-state index in [1.165, 1.54) is 0 Å². The van der Waals surface area contributed by atoms with E-state index in [1.807, 2.05) is 35.2 Å². The predicted molar refractivity (Wildman–Crippen MR) is 77.2 cm³/mol. The number of amides is 1. The first-order valence-corrected chi connectivity index (χ1v) is 7.47. The molecule has 1 aliphatic heterocycles. The van der Waals surface area contributed by atoms with Gasteiger partial charge in [0.25, 0.3) is 0 Å². The molecule has 3 rings (SSSR count). The third-order valence-electron chi connectivity index (χ3n) is 4.38. The number of ether oxygens (including phenoxy) is 1. The Labute approximate surface area is 119 Å². The van der Waals surface area contributed by atoms with Gasteiger partial charge in [-0.05, 0) is 31.2 Å². The Bertz CT molecular complexity index is 463. The van der Waals surface area contributed by atoms with Gasteiger partial charge in [-0.1, -0.05) is 30.3 Å². The molecular formula is C16H22N2O2. The number of hydrogen-bond donors (Lipinski definition) is 1. The fourth-order valence-electron chi connectivity index (χ4n) is 3.37. The predicted octanol–water partition coefficient (Wildman–Crippen LogP) is 1.34. The van der Waals surface area contributed by atoms with E-state index in [9.17, 15) is 4.79 Å². The molecule has 1 saturated heterocycles. The van der Waals surface area contributed by atoms with Crippen molar-refractivity contribution < 1.29 is 9.53 Å². The van der Waals surface area contributed by atoms with Gasteiger partial charge >= 0.3 is 0 Å². The quantitative estimate of drug-likeness (QED) is 0.905. The summed E-state index contributed by atoms with van der Waals surface area (Å²) in [7, 11) is 0. The first-order chi connectivity index (χ1) is 9.75. The molecule has 2 unspecified atom stereocenters. The molecule has 4 nitrogen and oxygen atoms in total. The van der Waals surface area contributed by atoms with Crippen molar-refractivity contribution in [3.63, 3.8) is 0 Å². The van der Waals surface area contributed by atoms with Crippen LogP contribution in [0, 0.1) is 0 Å². The molecule has 0 bridgehead atoms. The van der Waals surface area contributed by atoms with Crippen LogP contribution >= 0.6 is 0 Å². The average Bonchev–Trinajstić information content (AvgIpc) is 2.96. The molecule has 0 radical (unpaired) electrons. The first-order valence-electron chi connectivity index (χ1n) is 7.47. The molecule has 0 aromatic heterocycles. The summed E-state index contributed by atoms with van der Waals surface area (Å²) in [5.74, 6) is 0.0778. The summed E-state index contributed by atoms with van der Waals surface area (Å²) >= 11 is 0. The summed E-state index contributed by atoms with van der Waals surface area (Å²) in [6.07, 6.45) is 4.11. The number of hydrogen-bond acceptors (Lipinski definition) is 3. The van der Waals surface area contributed by atoms with Crippen LogP contribution in [0.15, 0.2) is 30.3 Å². The Morgan fingerprint density at radius 3 is 2.95 bits per heavy atom. The lowest BCUT2D eigenvalue weighted by Gasteiger charge is -2.39. The number of benzene rings is 1. The standard InChI is InChI=1S/C16H22N2O2/c17-13(11-12-5-2-1-3-6-12)16(19)18-9-10-20-15-8-4-7-14(15)18/h1-3,5-6,13-15H,4,7-11,17H2/t13-,14?,15?/m0/s1. The van der Waals surface area contributed by atoms with E-state index in [0.29, 0.717) is 19.6 Å². The van der Waals surface area contributed by atoms with Gasteiger partial charge < -0.3 is 15.4 Å². The zero-order valence-corrected chi connectivity index (χ0v) is 11.7. The van der Waals surface area contributed by atoms with Gasteiger partial charge in [0, 0.05) is 6.54 Å². The zero-order valence-electron chi connectivity index (χ0n) is 11.7. The van der Waals surface area contributed by atoms with Gasteiger partial charge in [0.1, 0.15) is 0 Å². The normalized spacial score (nSPS) is 27.1. The van der Waals surface area contributed by atoms with Crippen LogP contribution < -0.4 is 5.73 Å². The smallest absolute Gasteiger partial charge is 0.240 e. The second-order valence-electron chi connectivity index (χ2n) is 5.74. The monoisotopic (exact) mass is 274 g/mol. The van der Waals surface area contributed by atoms with Crippen LogP contribution in [0.2, 0.25) is 0 Å². The van der Waals surface area contributed by atoms with Crippen molar-refractivity contribution in [2.75, 3.05) is 13.2 Å². The highest BCUT2D eigenvalue weighted by Gasteiger charge is 2.39. The Kier molecular flexibility index (Phi) is 4.03. The number of fused-ring (bicyclic) bond motifs is 1. The molecule has 0 spiro atoms. The van der Waals surface area contributed by atoms with E-state index >= 15 is 0 Å². The minimum absolute atomic E-state index is 0.0778. The van der Waals surface area contributed by atoms with E-state index in [4.69, 9.17) is 10.5 Å². The van der Waals surface area contributed by atoms with Gasteiger partial charge in [0.2, 0.25) is 5.91 Å². The van der Waals surface area contributed by atoms with Gasteiger partial charge in [-0.2, -0.15) is 0 Å². The van der Waals surface area contributed by atoms with Gasteiger partial charge in [0.15, 0.2) is 0 Å². The van der Waals surface area contributed by atoms with Crippen LogP contribution in [-0.4, -0.2) is 42.1 Å². The Balaban J connectivity index is 1.65. The van der Waals surface area contributed by atoms with Crippen molar-refractivity contribution in [1.29, 1.82) is 0 Å². The maximum Gasteiger partial charge on any atom is 0.240 e. The molecule has 20 heavy (non-hydrogen) atoms. The summed E-state index contributed by atoms with van der Waals surface area (Å²) in [6.45, 7) is 1.33. The van der Waals surface area contributed by atoms with E-state index < -0.39 is 6.04 Å². The van der Waals surface area contributed by atoms with Crippen molar-refractivity contribution >= 4 is 5.91 Å². The Hall–Kier alpha value is -1.39. The van der Waals surface area contributed by atoms with Crippen LogP contribution in [0.25, 0.3) is 0 Å². The molecular weight excluding hydrogens is 252 g/mol. The summed E-state index contributed by atoms with van der Waals surface area (Å²) in [6, 6.07) is 9.77. The highest BCUT2D eigenvalue weighted by atomic mass is 16.5. The van der Waals surface area contributed by atoms with Crippen molar-refractivity contribution in [2.45, 2.75) is 43.9 Å². The molecule has 1 aliphatic carbocycles. The number of rotatable bonds is 3. The Morgan fingerprint density at radius 2 is 2.15 bits per heavy atom. The SMILES string of the molecule is N[C@@H](Cc1ccccc1)C(=O)N1CCOC2CCCC21. The third-order valence-corrected chi connectivity index (χ3v) is 4.38. The van der Waals surface area contributed by atoms with Crippen LogP contribution in [-0.2, 0) is 16.0 Å². The minimum Gasteiger partial charge on any atom is -0.374 e. The van der Waals surface area contributed by atoms with Crippen molar-refractivity contribution in [1.82, 2.24) is 4.90 Å². The van der Waals surface area contributed by atoms with Crippen LogP contribution in [0.4, 0.5) is 0 Å². The first kappa shape index (κ1) is 13.6. The van der Waals surface area contributed by atoms with E-state index in [2.05, 4.69) is 0 Å². The van der Waals surface area contributed by atoms with Gasteiger partial charge in [0.05, 0.1) is 24.8 Å². The lowest BCUT2D eigenvalue weighted by Crippen LogP contribution is -2.56. The van der Waals surface area contributed by atoms with Crippen LogP contribution in [0.3, 0.4) is 0 Å². The molecule has 2 aliphatic rings. The zero-order chi connectivity index (χ0) is 13.9. The van der Waals surface area contributed by atoms with E-state index in [0.717, 1.165) is 24.8 Å². The second kappa shape index (κ2) is 5.94. The lowest BCUT2D eigenvalue weighted by molar-refractivity contribution is -0.145. The van der Waals surface area contributed by atoms with Crippen molar-refractivity contribution in [3.05, 3.63) is 35.9 Å². The summed E-state index contributed by atoms with van der Waals surface area (Å²) < 4.78 is 5.75. The maximum atomic E-state index is 12.6. The maximum absolute atomic E-state index is 12.6. The third kappa shape index (κ3) is 2.72. The summed E-state index contributed by atoms with van der Waals surface area (Å²) in [5, 5.41) is 0. The fraction of sp³-hybridized carbons (Fsp3) is 0.562. The molecule has 3 atom stereocenters. The molecule has 1 heterocycles. The molecule has 1 amide bonds. The molecule has 2 N–H and O–H groups in total. The highest BCUT2D eigenvalue weighted by molar-refractivity contribution is 5.82.